The van der Waals surface area contributed by atoms with E-state index >= 15 is 0 Å². The molecule has 3 aromatic rings. The summed E-state index contributed by atoms with van der Waals surface area (Å²) in [5, 5.41) is 0. The first-order valence-electron chi connectivity index (χ1n) is 15.0. The Kier molecular flexibility index (Phi) is 13.5. The van der Waals surface area contributed by atoms with Crippen LogP contribution in [0.4, 0.5) is 0 Å². The van der Waals surface area contributed by atoms with Crippen molar-refractivity contribution in [3.63, 3.8) is 0 Å². The number of benzene rings is 3. The van der Waals surface area contributed by atoms with Crippen molar-refractivity contribution in [3.8, 4) is 28.4 Å². The van der Waals surface area contributed by atoms with Gasteiger partial charge in [0.15, 0.2) is 23.5 Å². The van der Waals surface area contributed by atoms with Gasteiger partial charge in [0, 0.05) is 0 Å². The van der Waals surface area contributed by atoms with Crippen LogP contribution in [0.25, 0.3) is 11.1 Å². The van der Waals surface area contributed by atoms with E-state index in [1.807, 2.05) is 43.3 Å². The normalized spacial score (nSPS) is 12.1. The number of carbonyl (C=O) groups excluding carboxylic acids is 2. The van der Waals surface area contributed by atoms with Gasteiger partial charge in [-0.3, -0.25) is 0 Å². The third-order valence-electron chi connectivity index (χ3n) is 6.65. The predicted molar refractivity (Wildman–Crippen MR) is 175 cm³/mol. The zero-order chi connectivity index (χ0) is 31.2. The van der Waals surface area contributed by atoms with Gasteiger partial charge < -0.3 is 23.1 Å². The second-order valence-electron chi connectivity index (χ2n) is 11.3. The Balaban J connectivity index is 1.44. The summed E-state index contributed by atoms with van der Waals surface area (Å²) in [7, 11) is -2.18. The summed E-state index contributed by atoms with van der Waals surface area (Å²) in [6, 6.07) is 23.0. The first-order chi connectivity index (χ1) is 20.6. The minimum atomic E-state index is -1.54. The van der Waals surface area contributed by atoms with Gasteiger partial charge >= 0.3 is 11.9 Å². The maximum absolute atomic E-state index is 12.7. The predicted octanol–water partition coefficient (Wildman–Crippen LogP) is 8.32. The second kappa shape index (κ2) is 17.0. The smallest absolute Gasteiger partial charge is 0.347 e. The fraction of sp³-hybridized carbons (Fsp3) is 0.412. The van der Waals surface area contributed by atoms with Crippen LogP contribution in [0.2, 0.25) is 32.2 Å². The van der Waals surface area contributed by atoms with Gasteiger partial charge in [-0.25, -0.2) is 9.59 Å². The van der Waals surface area contributed by atoms with E-state index in [2.05, 4.69) is 26.2 Å². The van der Waals surface area contributed by atoms with Crippen molar-refractivity contribution in [2.24, 2.45) is 0 Å². The van der Waals surface area contributed by atoms with Crippen LogP contribution in [0, 0.1) is 0 Å². The first kappa shape index (κ1) is 34.1. The zero-order valence-corrected chi connectivity index (χ0v) is 28.3. The molecule has 3 aromatic carbocycles. The molecule has 0 aliphatic carbocycles. The van der Waals surface area contributed by atoms with Crippen molar-refractivity contribution in [2.75, 3.05) is 13.2 Å². The lowest BCUT2D eigenvalue weighted by Crippen LogP contribution is -2.35. The largest absolute Gasteiger partial charge is 0.494 e. The minimum Gasteiger partial charge on any atom is -0.494 e. The summed E-state index contributed by atoms with van der Waals surface area (Å²) in [5.74, 6) is 0.852. The Hall–Kier alpha value is -3.41. The van der Waals surface area contributed by atoms with Gasteiger partial charge in [-0.05, 0) is 112 Å². The zero-order valence-electron chi connectivity index (χ0n) is 26.3. The SMILES string of the molecule is CCCCOC(=O)[C@@H](C)Oc1ccc(OC(=O)c2ccc(-c3ccc(OCCCC[Si](C)(C)O[Si](C)C)cc3)cc2)cc1. The molecule has 0 N–H and O–H groups in total. The van der Waals surface area contributed by atoms with Crippen molar-refractivity contribution < 1.29 is 32.7 Å². The first-order valence-corrected chi connectivity index (χ1v) is 20.6. The molecule has 43 heavy (non-hydrogen) atoms. The Morgan fingerprint density at radius 3 is 1.95 bits per heavy atom. The Morgan fingerprint density at radius 2 is 1.35 bits per heavy atom. The number of hydrogen-bond acceptors (Lipinski definition) is 7. The van der Waals surface area contributed by atoms with Gasteiger partial charge in [-0.15, -0.1) is 0 Å². The molecule has 0 saturated carbocycles. The molecule has 0 spiro atoms. The van der Waals surface area contributed by atoms with Gasteiger partial charge in [-0.2, -0.15) is 0 Å². The number of hydrogen-bond donors (Lipinski definition) is 0. The van der Waals surface area contributed by atoms with Gasteiger partial charge in [0.2, 0.25) is 0 Å². The van der Waals surface area contributed by atoms with E-state index in [9.17, 15) is 9.59 Å². The summed E-state index contributed by atoms with van der Waals surface area (Å²) in [4.78, 5) is 24.7. The van der Waals surface area contributed by atoms with Crippen LogP contribution in [0.15, 0.2) is 72.8 Å². The van der Waals surface area contributed by atoms with Crippen molar-refractivity contribution in [1.29, 1.82) is 0 Å². The lowest BCUT2D eigenvalue weighted by molar-refractivity contribution is -0.151. The van der Waals surface area contributed by atoms with Crippen molar-refractivity contribution in [3.05, 3.63) is 78.4 Å². The van der Waals surface area contributed by atoms with Gasteiger partial charge in [-0.1, -0.05) is 44.0 Å². The standard InChI is InChI=1S/C34H45O7Si2/c1-7-8-23-38-33(35)26(2)39-31-19-21-32(22-20-31)40-34(36)29-13-11-27(12-14-29)28-15-17-30(18-16-28)37-24-9-10-25-43(5,6)41-42(3)4/h11-22,26H,7-10,23-25H2,1-6H3/t26-/m1/s1. The molecule has 9 heteroatoms. The summed E-state index contributed by atoms with van der Waals surface area (Å²) < 4.78 is 28.5. The molecule has 0 bridgehead atoms. The molecule has 0 amide bonds. The third kappa shape index (κ3) is 12.0. The van der Waals surface area contributed by atoms with Crippen molar-refractivity contribution >= 4 is 29.3 Å². The minimum absolute atomic E-state index is 0.381. The van der Waals surface area contributed by atoms with Crippen molar-refractivity contribution in [2.45, 2.75) is 77.9 Å². The quantitative estimate of drug-likeness (QED) is 0.0649. The molecule has 0 aromatic heterocycles. The molecule has 0 unspecified atom stereocenters. The van der Waals surface area contributed by atoms with E-state index in [-0.39, 0.29) is 0 Å². The van der Waals surface area contributed by atoms with Gasteiger partial charge in [0.05, 0.1) is 18.8 Å². The maximum atomic E-state index is 12.7. The van der Waals surface area contributed by atoms with Crippen LogP contribution >= 0.6 is 0 Å². The van der Waals surface area contributed by atoms with Crippen LogP contribution in [0.5, 0.6) is 17.2 Å². The van der Waals surface area contributed by atoms with E-state index in [1.165, 1.54) is 0 Å². The van der Waals surface area contributed by atoms with E-state index in [0.29, 0.717) is 30.3 Å². The Labute approximate surface area is 259 Å². The fourth-order valence-corrected chi connectivity index (χ4v) is 10.4. The summed E-state index contributed by atoms with van der Waals surface area (Å²) in [6.45, 7) is 13.8. The van der Waals surface area contributed by atoms with Crippen molar-refractivity contribution in [1.82, 2.24) is 0 Å². The molecule has 3 rings (SSSR count). The lowest BCUT2D eigenvalue weighted by Gasteiger charge is -2.25. The highest BCUT2D eigenvalue weighted by atomic mass is 28.4. The summed E-state index contributed by atoms with van der Waals surface area (Å²) >= 11 is 0. The van der Waals surface area contributed by atoms with E-state index in [0.717, 1.165) is 48.6 Å². The molecular weight excluding hydrogens is 577 g/mol. The molecule has 231 valence electrons. The average Bonchev–Trinajstić information content (AvgIpc) is 2.97. The number of esters is 2. The van der Waals surface area contributed by atoms with E-state index in [4.69, 9.17) is 23.1 Å². The van der Waals surface area contributed by atoms with E-state index in [1.54, 1.807) is 43.3 Å². The van der Waals surface area contributed by atoms with E-state index < -0.39 is 35.4 Å². The van der Waals surface area contributed by atoms with Gasteiger partial charge in [0.25, 0.3) is 0 Å². The highest BCUT2D eigenvalue weighted by Crippen LogP contribution is 2.25. The van der Waals surface area contributed by atoms with Gasteiger partial charge in [0.1, 0.15) is 17.2 Å². The molecule has 0 heterocycles. The second-order valence-corrected chi connectivity index (χ2v) is 18.0. The lowest BCUT2D eigenvalue weighted by atomic mass is 10.0. The summed E-state index contributed by atoms with van der Waals surface area (Å²) in [6.07, 6.45) is 3.18. The number of ether oxygens (including phenoxy) is 4. The molecule has 0 aliphatic heterocycles. The van der Waals surface area contributed by atoms with Crippen LogP contribution in [0.1, 0.15) is 49.9 Å². The monoisotopic (exact) mass is 621 g/mol. The molecule has 0 saturated heterocycles. The third-order valence-corrected chi connectivity index (χ3v) is 12.1. The molecule has 1 atom stereocenters. The maximum Gasteiger partial charge on any atom is 0.347 e. The molecule has 0 aliphatic rings. The highest BCUT2D eigenvalue weighted by Gasteiger charge is 2.23. The Morgan fingerprint density at radius 1 is 0.767 bits per heavy atom. The number of rotatable bonds is 17. The molecular formula is C34H45O7Si2. The average molecular weight is 622 g/mol. The number of carbonyl (C=O) groups is 2. The number of unbranched alkanes of at least 4 members (excludes halogenated alkanes) is 2. The topological polar surface area (TPSA) is 80.3 Å². The van der Waals surface area contributed by atoms with Crippen LogP contribution in [-0.2, 0) is 13.6 Å². The summed E-state index contributed by atoms with van der Waals surface area (Å²) in [5.41, 5.74) is 2.47. The van der Waals surface area contributed by atoms with Crippen LogP contribution in [-0.4, -0.2) is 48.6 Å². The molecule has 7 nitrogen and oxygen atoms in total. The fourth-order valence-electron chi connectivity index (χ4n) is 4.43. The molecule has 1 radical (unpaired) electrons. The van der Waals surface area contributed by atoms with Crippen LogP contribution in [0.3, 0.4) is 0 Å². The molecule has 0 fully saturated rings. The van der Waals surface area contributed by atoms with Crippen LogP contribution < -0.4 is 14.2 Å². The highest BCUT2D eigenvalue weighted by molar-refractivity contribution is 6.77. The Bertz CT molecular complexity index is 1270.